The maximum absolute atomic E-state index is 12.4. The number of anilines is 1. The van der Waals surface area contributed by atoms with Gasteiger partial charge in [0.2, 0.25) is 5.91 Å². The smallest absolute Gasteiger partial charge is 0.225 e. The molecule has 2 rings (SSSR count). The van der Waals surface area contributed by atoms with Crippen LogP contribution in [0.4, 0.5) is 5.69 Å². The average molecular weight is 327 g/mol. The molecule has 0 aromatic heterocycles. The van der Waals surface area contributed by atoms with E-state index in [4.69, 9.17) is 4.74 Å². The zero-order valence-corrected chi connectivity index (χ0v) is 14.9. The lowest BCUT2D eigenvalue weighted by Gasteiger charge is -2.27. The quantitative estimate of drug-likeness (QED) is 0.859. The third kappa shape index (κ3) is 4.07. The number of phenols is 1. The van der Waals surface area contributed by atoms with E-state index < -0.39 is 5.41 Å². The van der Waals surface area contributed by atoms with Crippen molar-refractivity contribution in [2.24, 2.45) is 0 Å². The minimum Gasteiger partial charge on any atom is -0.508 e. The lowest BCUT2D eigenvalue weighted by molar-refractivity contribution is -0.117. The fraction of sp³-hybridized carbons (Fsp3) is 0.350. The Kier molecular flexibility index (Phi) is 5.17. The Balaban J connectivity index is 2.14. The van der Waals surface area contributed by atoms with E-state index in [1.54, 1.807) is 37.4 Å². The molecule has 128 valence electrons. The molecule has 0 saturated carbocycles. The minimum absolute atomic E-state index is 0.0930. The molecule has 0 unspecified atom stereocenters. The van der Waals surface area contributed by atoms with Crippen molar-refractivity contribution in [3.05, 3.63) is 53.1 Å². The summed E-state index contributed by atoms with van der Waals surface area (Å²) in [6, 6.07) is 11.0. The highest BCUT2D eigenvalue weighted by atomic mass is 16.5. The van der Waals surface area contributed by atoms with Crippen LogP contribution < -0.4 is 10.1 Å². The van der Waals surface area contributed by atoms with Gasteiger partial charge in [0.15, 0.2) is 0 Å². The Labute approximate surface area is 143 Å². The van der Waals surface area contributed by atoms with Gasteiger partial charge in [-0.2, -0.15) is 0 Å². The van der Waals surface area contributed by atoms with Crippen molar-refractivity contribution < 1.29 is 14.6 Å². The molecule has 4 nitrogen and oxygen atoms in total. The molecular weight excluding hydrogens is 302 g/mol. The molecule has 0 aliphatic carbocycles. The molecule has 0 radical (unpaired) electrons. The van der Waals surface area contributed by atoms with Crippen molar-refractivity contribution in [3.63, 3.8) is 0 Å². The van der Waals surface area contributed by atoms with Gasteiger partial charge in [0, 0.05) is 23.1 Å². The Morgan fingerprint density at radius 2 is 1.79 bits per heavy atom. The molecular formula is C20H25NO3. The van der Waals surface area contributed by atoms with E-state index in [2.05, 4.69) is 5.32 Å². The van der Waals surface area contributed by atoms with Crippen LogP contribution in [-0.4, -0.2) is 18.1 Å². The maximum atomic E-state index is 12.4. The summed E-state index contributed by atoms with van der Waals surface area (Å²) in [5, 5.41) is 13.2. The number of carbonyl (C=O) groups is 1. The Bertz CT molecular complexity index is 710. The zero-order valence-electron chi connectivity index (χ0n) is 14.9. The summed E-state index contributed by atoms with van der Waals surface area (Å²) in [5.41, 5.74) is 3.07. The first-order chi connectivity index (χ1) is 11.2. The predicted molar refractivity (Wildman–Crippen MR) is 96.8 cm³/mol. The SMILES string of the molecule is COc1ccc(NC(=O)CC(C)(C)c2c(C)cc(C)cc2O)cc1. The molecule has 0 spiro atoms. The second-order valence-corrected chi connectivity index (χ2v) is 6.81. The van der Waals surface area contributed by atoms with E-state index in [-0.39, 0.29) is 18.1 Å². The van der Waals surface area contributed by atoms with Crippen LogP contribution in [0.15, 0.2) is 36.4 Å². The monoisotopic (exact) mass is 327 g/mol. The number of methoxy groups -OCH3 is 1. The Morgan fingerprint density at radius 1 is 1.17 bits per heavy atom. The van der Waals surface area contributed by atoms with E-state index in [1.165, 1.54) is 0 Å². The van der Waals surface area contributed by atoms with E-state index in [9.17, 15) is 9.90 Å². The van der Waals surface area contributed by atoms with E-state index in [1.807, 2.05) is 33.8 Å². The summed E-state index contributed by atoms with van der Waals surface area (Å²) in [4.78, 5) is 12.4. The van der Waals surface area contributed by atoms with Crippen molar-refractivity contribution in [1.29, 1.82) is 0 Å². The third-order valence-electron chi connectivity index (χ3n) is 4.11. The lowest BCUT2D eigenvalue weighted by atomic mass is 9.78. The fourth-order valence-corrected chi connectivity index (χ4v) is 3.19. The first kappa shape index (κ1) is 17.9. The summed E-state index contributed by atoms with van der Waals surface area (Å²) in [7, 11) is 1.60. The van der Waals surface area contributed by atoms with Crippen LogP contribution in [0.5, 0.6) is 11.5 Å². The molecule has 24 heavy (non-hydrogen) atoms. The zero-order chi connectivity index (χ0) is 17.9. The molecule has 0 fully saturated rings. The number of hydrogen-bond donors (Lipinski definition) is 2. The summed E-state index contributed by atoms with van der Waals surface area (Å²) in [6.45, 7) is 7.85. The molecule has 1 amide bonds. The van der Waals surface area contributed by atoms with Crippen LogP contribution >= 0.6 is 0 Å². The molecule has 0 saturated heterocycles. The van der Waals surface area contributed by atoms with Crippen LogP contribution in [-0.2, 0) is 10.2 Å². The highest BCUT2D eigenvalue weighted by Gasteiger charge is 2.29. The number of aromatic hydroxyl groups is 1. The Hall–Kier alpha value is -2.49. The van der Waals surface area contributed by atoms with Crippen LogP contribution in [0.25, 0.3) is 0 Å². The van der Waals surface area contributed by atoms with Crippen LogP contribution in [0.2, 0.25) is 0 Å². The molecule has 2 aromatic rings. The summed E-state index contributed by atoms with van der Waals surface area (Å²) < 4.78 is 5.11. The molecule has 2 N–H and O–H groups in total. The van der Waals surface area contributed by atoms with Gasteiger partial charge in [-0.3, -0.25) is 4.79 Å². The number of aryl methyl sites for hydroxylation is 2. The predicted octanol–water partition coefficient (Wildman–Crippen LogP) is 4.32. The first-order valence-corrected chi connectivity index (χ1v) is 7.97. The van der Waals surface area contributed by atoms with Crippen molar-refractivity contribution in [3.8, 4) is 11.5 Å². The number of ether oxygens (including phenoxy) is 1. The molecule has 0 aliphatic heterocycles. The highest BCUT2D eigenvalue weighted by Crippen LogP contribution is 2.37. The fourth-order valence-electron chi connectivity index (χ4n) is 3.19. The minimum atomic E-state index is -0.474. The van der Waals surface area contributed by atoms with Crippen molar-refractivity contribution in [2.45, 2.75) is 39.5 Å². The number of amides is 1. The number of rotatable bonds is 5. The van der Waals surface area contributed by atoms with Crippen LogP contribution in [0, 0.1) is 13.8 Å². The van der Waals surface area contributed by atoms with Crippen molar-refractivity contribution in [1.82, 2.24) is 0 Å². The standard InChI is InChI=1S/C20H25NO3/c1-13-10-14(2)19(17(22)11-13)20(3,4)12-18(23)21-15-6-8-16(24-5)9-7-15/h6-11,22H,12H2,1-5H3,(H,21,23). The first-order valence-electron chi connectivity index (χ1n) is 7.97. The number of hydrogen-bond acceptors (Lipinski definition) is 3. The topological polar surface area (TPSA) is 58.6 Å². The second kappa shape index (κ2) is 6.95. The van der Waals surface area contributed by atoms with Gasteiger partial charge in [0.25, 0.3) is 0 Å². The van der Waals surface area contributed by atoms with Gasteiger partial charge in [-0.05, 0) is 55.3 Å². The van der Waals surface area contributed by atoms with Crippen LogP contribution in [0.3, 0.4) is 0 Å². The molecule has 0 aliphatic rings. The molecule has 2 aromatic carbocycles. The summed E-state index contributed by atoms with van der Waals surface area (Å²) >= 11 is 0. The second-order valence-electron chi connectivity index (χ2n) is 6.81. The normalized spacial score (nSPS) is 11.2. The van der Waals surface area contributed by atoms with Crippen LogP contribution in [0.1, 0.15) is 37.0 Å². The van der Waals surface area contributed by atoms with Gasteiger partial charge in [-0.15, -0.1) is 0 Å². The number of carbonyl (C=O) groups excluding carboxylic acids is 1. The maximum Gasteiger partial charge on any atom is 0.225 e. The number of phenolic OH excluding ortho intramolecular Hbond substituents is 1. The van der Waals surface area contributed by atoms with Gasteiger partial charge in [0.05, 0.1) is 7.11 Å². The van der Waals surface area contributed by atoms with E-state index in [0.717, 1.165) is 28.1 Å². The molecule has 4 heteroatoms. The number of nitrogens with one attached hydrogen (secondary N) is 1. The lowest BCUT2D eigenvalue weighted by Crippen LogP contribution is -2.26. The third-order valence-corrected chi connectivity index (χ3v) is 4.11. The average Bonchev–Trinajstić information content (AvgIpc) is 2.45. The van der Waals surface area contributed by atoms with Crippen molar-refractivity contribution in [2.75, 3.05) is 12.4 Å². The summed E-state index contributed by atoms with van der Waals surface area (Å²) in [6.07, 6.45) is 0.274. The van der Waals surface area contributed by atoms with Gasteiger partial charge >= 0.3 is 0 Å². The molecule has 0 atom stereocenters. The van der Waals surface area contributed by atoms with Crippen molar-refractivity contribution >= 4 is 11.6 Å². The van der Waals surface area contributed by atoms with Gasteiger partial charge in [-0.1, -0.05) is 19.9 Å². The highest BCUT2D eigenvalue weighted by molar-refractivity contribution is 5.91. The van der Waals surface area contributed by atoms with Gasteiger partial charge in [-0.25, -0.2) is 0 Å². The van der Waals surface area contributed by atoms with Gasteiger partial charge < -0.3 is 15.2 Å². The summed E-state index contributed by atoms with van der Waals surface area (Å²) in [5.74, 6) is 0.896. The van der Waals surface area contributed by atoms with Gasteiger partial charge in [0.1, 0.15) is 11.5 Å². The Morgan fingerprint density at radius 3 is 2.33 bits per heavy atom. The molecule has 0 bridgehead atoms. The number of benzene rings is 2. The van der Waals surface area contributed by atoms with E-state index >= 15 is 0 Å². The molecule has 0 heterocycles. The largest absolute Gasteiger partial charge is 0.508 e. The van der Waals surface area contributed by atoms with E-state index in [0.29, 0.717) is 0 Å².